The Balaban J connectivity index is 2.81. The van der Waals surface area contributed by atoms with Crippen LogP contribution >= 0.6 is 0 Å². The van der Waals surface area contributed by atoms with E-state index in [2.05, 4.69) is 0 Å². The summed E-state index contributed by atoms with van der Waals surface area (Å²) in [5.74, 6) is -0.149. The largest absolute Gasteiger partial charge is 0.416 e. The number of benzene rings is 1. The van der Waals surface area contributed by atoms with Crippen LogP contribution < -0.4 is 0 Å². The van der Waals surface area contributed by atoms with E-state index in [0.29, 0.717) is 18.7 Å². The number of amides is 1. The van der Waals surface area contributed by atoms with E-state index in [1.807, 2.05) is 19.0 Å². The molecule has 0 N–H and O–H groups in total. The van der Waals surface area contributed by atoms with Crippen LogP contribution in [0.4, 0.5) is 13.2 Å². The first-order valence-electron chi connectivity index (χ1n) is 6.26. The van der Waals surface area contributed by atoms with Gasteiger partial charge in [0.15, 0.2) is 0 Å². The summed E-state index contributed by atoms with van der Waals surface area (Å²) in [5, 5.41) is 0. The second-order valence-corrected chi connectivity index (χ2v) is 4.94. The fourth-order valence-electron chi connectivity index (χ4n) is 1.73. The van der Waals surface area contributed by atoms with Gasteiger partial charge in [-0.05, 0) is 31.8 Å². The third-order valence-corrected chi connectivity index (χ3v) is 2.89. The number of likely N-dealkylation sites (N-methyl/N-ethyl adjacent to an activating group) is 1. The summed E-state index contributed by atoms with van der Waals surface area (Å²) in [7, 11) is 3.76. The van der Waals surface area contributed by atoms with Crippen molar-refractivity contribution in [1.29, 1.82) is 0 Å². The number of carbonyl (C=O) groups is 1. The molecule has 0 aliphatic rings. The first-order chi connectivity index (χ1) is 9.20. The third kappa shape index (κ3) is 5.21. The Labute approximate surface area is 117 Å². The van der Waals surface area contributed by atoms with Crippen LogP contribution in [-0.4, -0.2) is 42.9 Å². The topological polar surface area (TPSA) is 23.6 Å². The zero-order valence-corrected chi connectivity index (χ0v) is 11.9. The minimum atomic E-state index is -4.36. The molecule has 0 heterocycles. The number of nitrogens with zero attached hydrogens (tertiary/aromatic N) is 2. The van der Waals surface area contributed by atoms with Gasteiger partial charge >= 0.3 is 6.18 Å². The molecule has 0 unspecified atom stereocenters. The van der Waals surface area contributed by atoms with Crippen LogP contribution in [-0.2, 0) is 17.5 Å². The normalized spacial score (nSPS) is 11.8. The standard InChI is InChI=1S/C14H19F3N2O/c1-11(20)19(8-7-18(2)3)10-12-5-4-6-13(9-12)14(15,16)17/h4-6,9H,7-8,10H2,1-3H3. The molecule has 0 bridgehead atoms. The van der Waals surface area contributed by atoms with Crippen molar-refractivity contribution < 1.29 is 18.0 Å². The van der Waals surface area contributed by atoms with Gasteiger partial charge in [0.2, 0.25) is 5.91 Å². The molecule has 0 saturated heterocycles. The van der Waals surface area contributed by atoms with Crippen LogP contribution in [0.15, 0.2) is 24.3 Å². The molecule has 0 fully saturated rings. The maximum absolute atomic E-state index is 12.6. The zero-order chi connectivity index (χ0) is 15.3. The van der Waals surface area contributed by atoms with Crippen molar-refractivity contribution in [3.05, 3.63) is 35.4 Å². The molecule has 3 nitrogen and oxygen atoms in total. The molecular formula is C14H19F3N2O. The van der Waals surface area contributed by atoms with Gasteiger partial charge in [-0.1, -0.05) is 12.1 Å². The molecule has 1 amide bonds. The predicted molar refractivity (Wildman–Crippen MR) is 71.1 cm³/mol. The van der Waals surface area contributed by atoms with Crippen molar-refractivity contribution in [2.75, 3.05) is 27.2 Å². The molecule has 20 heavy (non-hydrogen) atoms. The van der Waals surface area contributed by atoms with E-state index < -0.39 is 11.7 Å². The number of carbonyl (C=O) groups excluding carboxylic acids is 1. The number of alkyl halides is 3. The molecule has 0 aliphatic carbocycles. The summed E-state index contributed by atoms with van der Waals surface area (Å²) in [6.07, 6.45) is -4.36. The van der Waals surface area contributed by atoms with Gasteiger partial charge in [0.1, 0.15) is 0 Å². The lowest BCUT2D eigenvalue weighted by Crippen LogP contribution is -2.34. The van der Waals surface area contributed by atoms with Crippen LogP contribution in [0.3, 0.4) is 0 Å². The highest BCUT2D eigenvalue weighted by Gasteiger charge is 2.30. The van der Waals surface area contributed by atoms with Gasteiger partial charge in [0.05, 0.1) is 5.56 Å². The molecule has 1 rings (SSSR count). The highest BCUT2D eigenvalue weighted by atomic mass is 19.4. The van der Waals surface area contributed by atoms with Gasteiger partial charge in [-0.25, -0.2) is 0 Å². The highest BCUT2D eigenvalue weighted by Crippen LogP contribution is 2.29. The summed E-state index contributed by atoms with van der Waals surface area (Å²) >= 11 is 0. The summed E-state index contributed by atoms with van der Waals surface area (Å²) in [6, 6.07) is 5.08. The van der Waals surface area contributed by atoms with Crippen LogP contribution in [0.2, 0.25) is 0 Å². The van der Waals surface area contributed by atoms with E-state index in [4.69, 9.17) is 0 Å². The molecule has 0 saturated carbocycles. The Morgan fingerprint density at radius 1 is 1.20 bits per heavy atom. The summed E-state index contributed by atoms with van der Waals surface area (Å²) in [6.45, 7) is 2.76. The second-order valence-electron chi connectivity index (χ2n) is 4.94. The zero-order valence-electron chi connectivity index (χ0n) is 11.9. The van der Waals surface area contributed by atoms with Crippen LogP contribution in [0, 0.1) is 0 Å². The van der Waals surface area contributed by atoms with Crippen molar-refractivity contribution >= 4 is 5.91 Å². The average Bonchev–Trinajstić information content (AvgIpc) is 2.33. The van der Waals surface area contributed by atoms with Crippen molar-refractivity contribution in [3.63, 3.8) is 0 Å². The van der Waals surface area contributed by atoms with Crippen LogP contribution in [0.5, 0.6) is 0 Å². The fraction of sp³-hybridized carbons (Fsp3) is 0.500. The molecule has 0 aromatic heterocycles. The minimum absolute atomic E-state index is 0.149. The lowest BCUT2D eigenvalue weighted by Gasteiger charge is -2.23. The van der Waals surface area contributed by atoms with Crippen molar-refractivity contribution in [3.8, 4) is 0 Å². The third-order valence-electron chi connectivity index (χ3n) is 2.89. The fourth-order valence-corrected chi connectivity index (χ4v) is 1.73. The minimum Gasteiger partial charge on any atom is -0.337 e. The van der Waals surface area contributed by atoms with Crippen LogP contribution in [0.1, 0.15) is 18.1 Å². The molecule has 0 atom stereocenters. The predicted octanol–water partition coefficient (Wildman–Crippen LogP) is 2.62. The van der Waals surface area contributed by atoms with Gasteiger partial charge in [-0.15, -0.1) is 0 Å². The summed E-state index contributed by atoms with van der Waals surface area (Å²) in [5.41, 5.74) is -0.208. The lowest BCUT2D eigenvalue weighted by molar-refractivity contribution is -0.137. The smallest absolute Gasteiger partial charge is 0.337 e. The first-order valence-corrected chi connectivity index (χ1v) is 6.26. The Kier molecular flexibility index (Phi) is 5.56. The molecular weight excluding hydrogens is 269 g/mol. The van der Waals surface area contributed by atoms with Gasteiger partial charge in [-0.3, -0.25) is 4.79 Å². The Hall–Kier alpha value is -1.56. The molecule has 0 radical (unpaired) electrons. The van der Waals surface area contributed by atoms with Crippen molar-refractivity contribution in [2.24, 2.45) is 0 Å². The van der Waals surface area contributed by atoms with E-state index in [1.54, 1.807) is 6.07 Å². The molecule has 0 spiro atoms. The highest BCUT2D eigenvalue weighted by molar-refractivity contribution is 5.73. The van der Waals surface area contributed by atoms with E-state index in [1.165, 1.54) is 17.9 Å². The van der Waals surface area contributed by atoms with Gasteiger partial charge in [-0.2, -0.15) is 13.2 Å². The first kappa shape index (κ1) is 16.5. The average molecular weight is 288 g/mol. The summed E-state index contributed by atoms with van der Waals surface area (Å²) < 4.78 is 37.9. The van der Waals surface area contributed by atoms with E-state index >= 15 is 0 Å². The molecule has 1 aromatic carbocycles. The number of hydrogen-bond donors (Lipinski definition) is 0. The van der Waals surface area contributed by atoms with E-state index in [9.17, 15) is 18.0 Å². The summed E-state index contributed by atoms with van der Waals surface area (Å²) in [4.78, 5) is 15.0. The maximum atomic E-state index is 12.6. The van der Waals surface area contributed by atoms with E-state index in [-0.39, 0.29) is 12.5 Å². The molecule has 1 aromatic rings. The SMILES string of the molecule is CC(=O)N(CCN(C)C)Cc1cccc(C(F)(F)F)c1. The molecule has 0 aliphatic heterocycles. The number of halogens is 3. The quantitative estimate of drug-likeness (QED) is 0.831. The molecule has 6 heteroatoms. The molecule has 112 valence electrons. The van der Waals surface area contributed by atoms with Gasteiger partial charge < -0.3 is 9.80 Å². The van der Waals surface area contributed by atoms with Crippen molar-refractivity contribution in [2.45, 2.75) is 19.6 Å². The van der Waals surface area contributed by atoms with Gasteiger partial charge in [0, 0.05) is 26.6 Å². The van der Waals surface area contributed by atoms with Crippen molar-refractivity contribution in [1.82, 2.24) is 9.80 Å². The number of rotatable bonds is 5. The van der Waals surface area contributed by atoms with Gasteiger partial charge in [0.25, 0.3) is 0 Å². The maximum Gasteiger partial charge on any atom is 0.416 e. The second kappa shape index (κ2) is 6.74. The number of hydrogen-bond acceptors (Lipinski definition) is 2. The monoisotopic (exact) mass is 288 g/mol. The van der Waals surface area contributed by atoms with Crippen LogP contribution in [0.25, 0.3) is 0 Å². The Morgan fingerprint density at radius 3 is 2.35 bits per heavy atom. The van der Waals surface area contributed by atoms with E-state index in [0.717, 1.165) is 12.1 Å². The lowest BCUT2D eigenvalue weighted by atomic mass is 10.1. The Morgan fingerprint density at radius 2 is 1.85 bits per heavy atom. The Bertz CT molecular complexity index is 458.